The third kappa shape index (κ3) is 3.68. The number of hydrogen-bond acceptors (Lipinski definition) is 3. The number of aryl methyl sites for hydroxylation is 1. The number of H-pyrrole nitrogens is 1. The Balaban J connectivity index is 2.07. The van der Waals surface area contributed by atoms with Crippen LogP contribution >= 0.6 is 15.9 Å². The lowest BCUT2D eigenvalue weighted by Crippen LogP contribution is -2.13. The van der Waals surface area contributed by atoms with Crippen LogP contribution in [0.1, 0.15) is 16.8 Å². The fourth-order valence-electron chi connectivity index (χ4n) is 2.62. The van der Waals surface area contributed by atoms with Crippen LogP contribution in [-0.2, 0) is 6.61 Å². The van der Waals surface area contributed by atoms with Crippen molar-refractivity contribution in [2.45, 2.75) is 13.5 Å². The zero-order chi connectivity index (χ0) is 18.7. The van der Waals surface area contributed by atoms with Gasteiger partial charge in [-0.05, 0) is 37.3 Å². The molecular formula is C20H14BrFN2O2. The number of hydrogen-bond donors (Lipinski definition) is 1. The smallest absolute Gasteiger partial charge is 0.266 e. The molecule has 0 aliphatic heterocycles. The number of nitriles is 1. The SMILES string of the molecule is Cc1cc(-c2cc(Br)ccc2OCc2ccccc2F)c(C#N)c(=O)[nH]1. The molecule has 3 aromatic rings. The van der Waals surface area contributed by atoms with E-state index in [0.29, 0.717) is 28.1 Å². The molecule has 0 unspecified atom stereocenters. The summed E-state index contributed by atoms with van der Waals surface area (Å²) in [6.45, 7) is 1.77. The third-order valence-corrected chi connectivity index (χ3v) is 4.35. The number of aromatic nitrogens is 1. The Kier molecular flexibility index (Phi) is 5.19. The van der Waals surface area contributed by atoms with E-state index in [-0.39, 0.29) is 18.0 Å². The first-order chi connectivity index (χ1) is 12.5. The first-order valence-corrected chi connectivity index (χ1v) is 8.59. The lowest BCUT2D eigenvalue weighted by Gasteiger charge is -2.14. The van der Waals surface area contributed by atoms with Crippen LogP contribution in [0.3, 0.4) is 0 Å². The van der Waals surface area contributed by atoms with E-state index in [1.165, 1.54) is 6.07 Å². The van der Waals surface area contributed by atoms with Crippen molar-refractivity contribution in [1.82, 2.24) is 4.98 Å². The highest BCUT2D eigenvalue weighted by Crippen LogP contribution is 2.34. The molecule has 1 heterocycles. The molecule has 0 spiro atoms. The highest BCUT2D eigenvalue weighted by Gasteiger charge is 2.15. The number of aromatic amines is 1. The van der Waals surface area contributed by atoms with E-state index < -0.39 is 5.56 Å². The third-order valence-electron chi connectivity index (χ3n) is 3.85. The van der Waals surface area contributed by atoms with Crippen molar-refractivity contribution in [2.24, 2.45) is 0 Å². The lowest BCUT2D eigenvalue weighted by molar-refractivity contribution is 0.301. The molecule has 0 bridgehead atoms. The summed E-state index contributed by atoms with van der Waals surface area (Å²) >= 11 is 3.40. The average Bonchev–Trinajstić information content (AvgIpc) is 2.61. The van der Waals surface area contributed by atoms with Crippen LogP contribution < -0.4 is 10.3 Å². The zero-order valence-electron chi connectivity index (χ0n) is 13.8. The molecule has 0 saturated carbocycles. The Bertz CT molecular complexity index is 1070. The molecule has 130 valence electrons. The summed E-state index contributed by atoms with van der Waals surface area (Å²) in [6.07, 6.45) is 0. The van der Waals surface area contributed by atoms with Gasteiger partial charge in [-0.1, -0.05) is 34.1 Å². The summed E-state index contributed by atoms with van der Waals surface area (Å²) in [7, 11) is 0. The predicted molar refractivity (Wildman–Crippen MR) is 100 cm³/mol. The zero-order valence-corrected chi connectivity index (χ0v) is 15.4. The van der Waals surface area contributed by atoms with E-state index in [9.17, 15) is 14.4 Å². The summed E-state index contributed by atoms with van der Waals surface area (Å²) in [5.41, 5.74) is 1.65. The minimum absolute atomic E-state index is 0.00411. The molecule has 6 heteroatoms. The minimum atomic E-state index is -0.456. The molecular weight excluding hydrogens is 399 g/mol. The Labute approximate surface area is 158 Å². The van der Waals surface area contributed by atoms with E-state index in [4.69, 9.17) is 4.74 Å². The van der Waals surface area contributed by atoms with Gasteiger partial charge in [0.25, 0.3) is 5.56 Å². The van der Waals surface area contributed by atoms with Gasteiger partial charge in [0, 0.05) is 26.9 Å². The van der Waals surface area contributed by atoms with Gasteiger partial charge in [-0.2, -0.15) is 5.26 Å². The van der Waals surface area contributed by atoms with Gasteiger partial charge in [-0.15, -0.1) is 0 Å². The van der Waals surface area contributed by atoms with Crippen LogP contribution in [0.2, 0.25) is 0 Å². The van der Waals surface area contributed by atoms with E-state index in [1.54, 1.807) is 49.4 Å². The summed E-state index contributed by atoms with van der Waals surface area (Å²) in [5.74, 6) is 0.105. The van der Waals surface area contributed by atoms with Crippen molar-refractivity contribution in [3.63, 3.8) is 0 Å². The molecule has 4 nitrogen and oxygen atoms in total. The highest BCUT2D eigenvalue weighted by molar-refractivity contribution is 9.10. The van der Waals surface area contributed by atoms with E-state index in [2.05, 4.69) is 20.9 Å². The fraction of sp³-hybridized carbons (Fsp3) is 0.100. The van der Waals surface area contributed by atoms with Crippen LogP contribution in [0.15, 0.2) is 57.8 Å². The molecule has 2 aromatic carbocycles. The standard InChI is InChI=1S/C20H14BrFN2O2/c1-12-8-15(17(10-23)20(25)24-12)16-9-14(21)6-7-19(16)26-11-13-4-2-3-5-18(13)22/h2-9H,11H2,1H3,(H,24,25). The second-order valence-electron chi connectivity index (χ2n) is 5.70. The molecule has 0 saturated heterocycles. The Morgan fingerprint density at radius 3 is 2.69 bits per heavy atom. The van der Waals surface area contributed by atoms with Crippen LogP contribution in [0.4, 0.5) is 4.39 Å². The summed E-state index contributed by atoms with van der Waals surface area (Å²) in [4.78, 5) is 14.7. The first kappa shape index (κ1) is 17.9. The van der Waals surface area contributed by atoms with Crippen molar-refractivity contribution >= 4 is 15.9 Å². The van der Waals surface area contributed by atoms with Crippen molar-refractivity contribution in [3.8, 4) is 22.9 Å². The number of benzene rings is 2. The Hall–Kier alpha value is -2.91. The number of ether oxygens (including phenoxy) is 1. The molecule has 3 rings (SSSR count). The van der Waals surface area contributed by atoms with Crippen molar-refractivity contribution < 1.29 is 9.13 Å². The van der Waals surface area contributed by atoms with Crippen LogP contribution in [0, 0.1) is 24.1 Å². The lowest BCUT2D eigenvalue weighted by atomic mass is 10.00. The Morgan fingerprint density at radius 1 is 1.19 bits per heavy atom. The second-order valence-corrected chi connectivity index (χ2v) is 6.62. The van der Waals surface area contributed by atoms with Crippen LogP contribution in [0.25, 0.3) is 11.1 Å². The van der Waals surface area contributed by atoms with E-state index in [0.717, 1.165) is 4.47 Å². The Morgan fingerprint density at radius 2 is 1.96 bits per heavy atom. The molecule has 1 aromatic heterocycles. The van der Waals surface area contributed by atoms with Crippen molar-refractivity contribution in [3.05, 3.63) is 86.0 Å². The maximum absolute atomic E-state index is 13.8. The normalized spacial score (nSPS) is 10.4. The van der Waals surface area contributed by atoms with Crippen molar-refractivity contribution in [2.75, 3.05) is 0 Å². The number of pyridine rings is 1. The van der Waals surface area contributed by atoms with E-state index in [1.807, 2.05) is 6.07 Å². The largest absolute Gasteiger partial charge is 0.488 e. The van der Waals surface area contributed by atoms with Gasteiger partial charge in [-0.3, -0.25) is 4.79 Å². The molecule has 0 radical (unpaired) electrons. The van der Waals surface area contributed by atoms with Gasteiger partial charge >= 0.3 is 0 Å². The molecule has 0 amide bonds. The number of rotatable bonds is 4. The van der Waals surface area contributed by atoms with Gasteiger partial charge in [0.15, 0.2) is 0 Å². The molecule has 1 N–H and O–H groups in total. The number of nitrogens with one attached hydrogen (secondary N) is 1. The molecule has 0 aliphatic carbocycles. The summed E-state index contributed by atoms with van der Waals surface area (Å²) < 4.78 is 20.4. The molecule has 0 aliphatic rings. The first-order valence-electron chi connectivity index (χ1n) is 7.79. The van der Waals surface area contributed by atoms with Gasteiger partial charge < -0.3 is 9.72 Å². The summed E-state index contributed by atoms with van der Waals surface area (Å²) in [5, 5.41) is 9.38. The van der Waals surface area contributed by atoms with Crippen molar-refractivity contribution in [1.29, 1.82) is 5.26 Å². The van der Waals surface area contributed by atoms with Gasteiger partial charge in [-0.25, -0.2) is 4.39 Å². The predicted octanol–water partition coefficient (Wildman–Crippen LogP) is 4.70. The number of nitrogens with zero attached hydrogens (tertiary/aromatic N) is 1. The van der Waals surface area contributed by atoms with Gasteiger partial charge in [0.2, 0.25) is 0 Å². The van der Waals surface area contributed by atoms with Gasteiger partial charge in [0.05, 0.1) is 0 Å². The fourth-order valence-corrected chi connectivity index (χ4v) is 2.98. The van der Waals surface area contributed by atoms with Crippen LogP contribution in [0.5, 0.6) is 5.75 Å². The number of halogens is 2. The maximum atomic E-state index is 13.8. The second kappa shape index (κ2) is 7.54. The van der Waals surface area contributed by atoms with Gasteiger partial charge in [0.1, 0.15) is 29.8 Å². The average molecular weight is 413 g/mol. The summed E-state index contributed by atoms with van der Waals surface area (Å²) in [6, 6.07) is 15.3. The molecule has 26 heavy (non-hydrogen) atoms. The highest BCUT2D eigenvalue weighted by atomic mass is 79.9. The topological polar surface area (TPSA) is 65.9 Å². The van der Waals surface area contributed by atoms with Crippen LogP contribution in [-0.4, -0.2) is 4.98 Å². The maximum Gasteiger partial charge on any atom is 0.266 e. The molecule has 0 atom stereocenters. The van der Waals surface area contributed by atoms with E-state index >= 15 is 0 Å². The quantitative estimate of drug-likeness (QED) is 0.674. The monoisotopic (exact) mass is 412 g/mol. The molecule has 0 fully saturated rings. The minimum Gasteiger partial charge on any atom is -0.488 e.